The summed E-state index contributed by atoms with van der Waals surface area (Å²) < 4.78 is 5.23. The molecule has 1 amide bonds. The van der Waals surface area contributed by atoms with Crippen LogP contribution in [0.25, 0.3) is 0 Å². The first-order valence-electron chi connectivity index (χ1n) is 7.74. The van der Waals surface area contributed by atoms with Crippen molar-refractivity contribution in [2.75, 3.05) is 19.8 Å². The van der Waals surface area contributed by atoms with E-state index < -0.39 is 17.4 Å². The first kappa shape index (κ1) is 17.9. The van der Waals surface area contributed by atoms with Crippen molar-refractivity contribution in [2.24, 2.45) is 17.1 Å². The van der Waals surface area contributed by atoms with Crippen LogP contribution in [0.1, 0.15) is 46.0 Å². The monoisotopic (exact) mass is 300 g/mol. The van der Waals surface area contributed by atoms with Gasteiger partial charge in [0.25, 0.3) is 0 Å². The number of nitrogens with one attached hydrogen (secondary N) is 1. The molecule has 1 rings (SSSR count). The summed E-state index contributed by atoms with van der Waals surface area (Å²) in [5.74, 6) is -0.565. The Kier molecular flexibility index (Phi) is 7.11. The van der Waals surface area contributed by atoms with Gasteiger partial charge in [-0.15, -0.1) is 0 Å². The van der Waals surface area contributed by atoms with Gasteiger partial charge in [-0.1, -0.05) is 19.8 Å². The van der Waals surface area contributed by atoms with Crippen molar-refractivity contribution in [3.8, 4) is 0 Å². The van der Waals surface area contributed by atoms with E-state index in [0.29, 0.717) is 18.9 Å². The van der Waals surface area contributed by atoms with E-state index in [4.69, 9.17) is 10.5 Å². The van der Waals surface area contributed by atoms with Crippen LogP contribution in [0.15, 0.2) is 0 Å². The number of hydrogen-bond acceptors (Lipinski definition) is 4. The van der Waals surface area contributed by atoms with Crippen LogP contribution in [0, 0.1) is 11.3 Å². The lowest BCUT2D eigenvalue weighted by molar-refractivity contribution is -0.149. The highest BCUT2D eigenvalue weighted by atomic mass is 16.5. The van der Waals surface area contributed by atoms with Gasteiger partial charge in [0.05, 0.1) is 19.3 Å². The summed E-state index contributed by atoms with van der Waals surface area (Å²) in [7, 11) is 0. The molecule has 0 aromatic carbocycles. The molecule has 1 saturated heterocycles. The maximum atomic E-state index is 12.0. The van der Waals surface area contributed by atoms with Crippen molar-refractivity contribution in [2.45, 2.75) is 52.0 Å². The zero-order chi connectivity index (χ0) is 15.9. The summed E-state index contributed by atoms with van der Waals surface area (Å²) in [6.45, 7) is 4.77. The molecule has 0 aromatic rings. The number of ether oxygens (including phenoxy) is 1. The summed E-state index contributed by atoms with van der Waals surface area (Å²) in [4.78, 5) is 23.3. The quantitative estimate of drug-likeness (QED) is 0.592. The van der Waals surface area contributed by atoms with E-state index in [1.54, 1.807) is 6.92 Å². The van der Waals surface area contributed by atoms with Crippen LogP contribution >= 0.6 is 0 Å². The van der Waals surface area contributed by atoms with Crippen molar-refractivity contribution in [3.05, 3.63) is 0 Å². The molecular formula is C15H28N2O4. The van der Waals surface area contributed by atoms with E-state index in [1.807, 2.05) is 0 Å². The molecule has 1 aliphatic rings. The smallest absolute Gasteiger partial charge is 0.313 e. The molecule has 0 saturated carbocycles. The van der Waals surface area contributed by atoms with Crippen molar-refractivity contribution in [1.29, 1.82) is 0 Å². The number of rotatable bonds is 9. The lowest BCUT2D eigenvalue weighted by Gasteiger charge is -2.25. The maximum absolute atomic E-state index is 12.0. The summed E-state index contributed by atoms with van der Waals surface area (Å²) in [6, 6.07) is -0.457. The maximum Gasteiger partial charge on any atom is 0.313 e. The SMILES string of the molecule is CCCC(CCN)CCC(=O)NC1COCC1(C)C(=O)O. The third-order valence-electron chi connectivity index (χ3n) is 4.33. The Morgan fingerprint density at radius 1 is 1.43 bits per heavy atom. The molecule has 3 unspecified atom stereocenters. The van der Waals surface area contributed by atoms with Crippen molar-refractivity contribution >= 4 is 11.9 Å². The Morgan fingerprint density at radius 3 is 2.71 bits per heavy atom. The molecule has 3 atom stereocenters. The molecular weight excluding hydrogens is 272 g/mol. The van der Waals surface area contributed by atoms with E-state index in [0.717, 1.165) is 25.7 Å². The average molecular weight is 300 g/mol. The molecule has 6 heteroatoms. The van der Waals surface area contributed by atoms with Gasteiger partial charge in [0.2, 0.25) is 5.91 Å². The Morgan fingerprint density at radius 2 is 2.14 bits per heavy atom. The molecule has 1 aliphatic heterocycles. The van der Waals surface area contributed by atoms with Gasteiger partial charge in [-0.2, -0.15) is 0 Å². The molecule has 0 radical (unpaired) electrons. The minimum absolute atomic E-state index is 0.101. The normalized spacial score (nSPS) is 26.5. The molecule has 4 N–H and O–H groups in total. The van der Waals surface area contributed by atoms with Crippen LogP contribution in [0.5, 0.6) is 0 Å². The van der Waals surface area contributed by atoms with Crippen LogP contribution in [0.3, 0.4) is 0 Å². The first-order valence-corrected chi connectivity index (χ1v) is 7.74. The molecule has 1 heterocycles. The number of amides is 1. The second-order valence-electron chi connectivity index (χ2n) is 6.13. The van der Waals surface area contributed by atoms with Crippen LogP contribution in [0.2, 0.25) is 0 Å². The summed E-state index contributed by atoms with van der Waals surface area (Å²) >= 11 is 0. The Balaban J connectivity index is 2.44. The van der Waals surface area contributed by atoms with E-state index in [1.165, 1.54) is 0 Å². The third-order valence-corrected chi connectivity index (χ3v) is 4.33. The fourth-order valence-electron chi connectivity index (χ4n) is 2.76. The molecule has 1 fully saturated rings. The van der Waals surface area contributed by atoms with E-state index >= 15 is 0 Å². The molecule has 0 aromatic heterocycles. The molecule has 0 spiro atoms. The second-order valence-corrected chi connectivity index (χ2v) is 6.13. The summed E-state index contributed by atoms with van der Waals surface area (Å²) in [5, 5.41) is 12.1. The zero-order valence-electron chi connectivity index (χ0n) is 13.1. The van der Waals surface area contributed by atoms with Crippen molar-refractivity contribution < 1.29 is 19.4 Å². The molecule has 21 heavy (non-hydrogen) atoms. The van der Waals surface area contributed by atoms with Gasteiger partial charge in [0.15, 0.2) is 0 Å². The topological polar surface area (TPSA) is 102 Å². The van der Waals surface area contributed by atoms with Crippen molar-refractivity contribution in [3.63, 3.8) is 0 Å². The largest absolute Gasteiger partial charge is 0.481 e. The van der Waals surface area contributed by atoms with Gasteiger partial charge in [-0.25, -0.2) is 0 Å². The second kappa shape index (κ2) is 8.34. The lowest BCUT2D eigenvalue weighted by Crippen LogP contribution is -2.49. The third kappa shape index (κ3) is 4.97. The van der Waals surface area contributed by atoms with Gasteiger partial charge in [0.1, 0.15) is 5.41 Å². The molecule has 0 bridgehead atoms. The van der Waals surface area contributed by atoms with Gasteiger partial charge in [-0.05, 0) is 32.2 Å². The standard InChI is InChI=1S/C15H28N2O4/c1-3-4-11(7-8-16)5-6-13(18)17-12-9-21-10-15(12,2)14(19)20/h11-12H,3-10,16H2,1-2H3,(H,17,18)(H,19,20). The number of nitrogens with two attached hydrogens (primary N) is 1. The van der Waals surface area contributed by atoms with Crippen LogP contribution in [0.4, 0.5) is 0 Å². The summed E-state index contributed by atoms with van der Waals surface area (Å²) in [6.07, 6.45) is 4.30. The minimum atomic E-state index is -1.03. The lowest BCUT2D eigenvalue weighted by atomic mass is 9.85. The molecule has 0 aliphatic carbocycles. The van der Waals surface area contributed by atoms with E-state index in [-0.39, 0.29) is 19.1 Å². The highest BCUT2D eigenvalue weighted by molar-refractivity contribution is 5.80. The first-order chi connectivity index (χ1) is 9.93. The highest BCUT2D eigenvalue weighted by Gasteiger charge is 2.47. The van der Waals surface area contributed by atoms with Crippen LogP contribution in [-0.4, -0.2) is 42.8 Å². The van der Waals surface area contributed by atoms with E-state index in [9.17, 15) is 14.7 Å². The molecule has 6 nitrogen and oxygen atoms in total. The van der Waals surface area contributed by atoms with Gasteiger partial charge in [0, 0.05) is 6.42 Å². The van der Waals surface area contributed by atoms with Crippen molar-refractivity contribution in [1.82, 2.24) is 5.32 Å². The number of carboxylic acid groups (broad SMARTS) is 1. The zero-order valence-corrected chi connectivity index (χ0v) is 13.1. The number of aliphatic carboxylic acids is 1. The number of carboxylic acids is 1. The highest BCUT2D eigenvalue weighted by Crippen LogP contribution is 2.29. The average Bonchev–Trinajstić information content (AvgIpc) is 2.79. The predicted molar refractivity (Wildman–Crippen MR) is 79.8 cm³/mol. The number of carbonyl (C=O) groups excluding carboxylic acids is 1. The predicted octanol–water partition coefficient (Wildman–Crippen LogP) is 1.14. The van der Waals surface area contributed by atoms with Gasteiger partial charge >= 0.3 is 5.97 Å². The Bertz CT molecular complexity index is 356. The fourth-order valence-corrected chi connectivity index (χ4v) is 2.76. The van der Waals surface area contributed by atoms with Gasteiger partial charge < -0.3 is 20.9 Å². The Labute approximate surface area is 126 Å². The Hall–Kier alpha value is -1.14. The minimum Gasteiger partial charge on any atom is -0.481 e. The van der Waals surface area contributed by atoms with E-state index in [2.05, 4.69) is 12.2 Å². The number of hydrogen-bond donors (Lipinski definition) is 3. The van der Waals surface area contributed by atoms with Crippen LogP contribution < -0.4 is 11.1 Å². The van der Waals surface area contributed by atoms with Gasteiger partial charge in [-0.3, -0.25) is 9.59 Å². The fraction of sp³-hybridized carbons (Fsp3) is 0.867. The molecule has 122 valence electrons. The number of carbonyl (C=O) groups is 2. The summed E-state index contributed by atoms with van der Waals surface area (Å²) in [5.41, 5.74) is 4.55. The van der Waals surface area contributed by atoms with Crippen LogP contribution in [-0.2, 0) is 14.3 Å².